The van der Waals surface area contributed by atoms with Crippen LogP contribution in [0.15, 0.2) is 162 Å². The van der Waals surface area contributed by atoms with E-state index in [1.807, 2.05) is 78.9 Å². The highest BCUT2D eigenvalue weighted by atomic mass is 16.3. The van der Waals surface area contributed by atoms with E-state index in [1.165, 1.54) is 0 Å². The monoisotopic (exact) mass is 750 g/mol. The van der Waals surface area contributed by atoms with E-state index in [1.54, 1.807) is 24.3 Å². The van der Waals surface area contributed by atoms with Crippen LogP contribution >= 0.6 is 0 Å². The lowest BCUT2D eigenvalue weighted by atomic mass is 9.84. The van der Waals surface area contributed by atoms with Crippen LogP contribution in [-0.4, -0.2) is 9.13 Å². The number of hydrogen-bond acceptors (Lipinski definition) is 5. The van der Waals surface area contributed by atoms with Crippen LogP contribution in [0.25, 0.3) is 99.2 Å². The molecule has 0 bridgehead atoms. The number of rotatable bonds is 4. The van der Waals surface area contributed by atoms with Gasteiger partial charge in [0.15, 0.2) is 5.58 Å². The Morgan fingerprint density at radius 3 is 1.22 bits per heavy atom. The maximum absolute atomic E-state index is 11.0. The minimum absolute atomic E-state index is 0.281. The molecule has 0 spiro atoms. The predicted molar refractivity (Wildman–Crippen MR) is 232 cm³/mol. The largest absolute Gasteiger partial charge is 0.454 e. The molecule has 270 valence electrons. The number of nitriles is 4. The van der Waals surface area contributed by atoms with Gasteiger partial charge in [-0.05, 0) is 54.6 Å². The van der Waals surface area contributed by atoms with Crippen molar-refractivity contribution in [2.45, 2.75) is 0 Å². The minimum atomic E-state index is 0.281. The summed E-state index contributed by atoms with van der Waals surface area (Å²) in [5.41, 5.74) is 10.0. The number of aromatic nitrogens is 2. The van der Waals surface area contributed by atoms with E-state index in [0.29, 0.717) is 55.8 Å². The zero-order chi connectivity index (χ0) is 39.8. The first kappa shape index (κ1) is 33.5. The summed E-state index contributed by atoms with van der Waals surface area (Å²) < 4.78 is 11.6. The third-order valence-corrected chi connectivity index (χ3v) is 11.5. The first-order valence-corrected chi connectivity index (χ1v) is 19.0. The number of para-hydroxylation sites is 5. The molecule has 0 unspecified atom stereocenters. The summed E-state index contributed by atoms with van der Waals surface area (Å²) in [6, 6.07) is 60.6. The van der Waals surface area contributed by atoms with E-state index in [4.69, 9.17) is 4.42 Å². The molecule has 7 heteroatoms. The number of hydrogen-bond donors (Lipinski definition) is 0. The lowest BCUT2D eigenvalue weighted by Crippen LogP contribution is -2.07. The molecule has 11 rings (SSSR count). The van der Waals surface area contributed by atoms with Gasteiger partial charge in [-0.3, -0.25) is 0 Å². The zero-order valence-electron chi connectivity index (χ0n) is 31.1. The summed E-state index contributed by atoms with van der Waals surface area (Å²) in [6.07, 6.45) is 0. The van der Waals surface area contributed by atoms with Crippen LogP contribution in [0.5, 0.6) is 0 Å². The normalized spacial score (nSPS) is 11.3. The summed E-state index contributed by atoms with van der Waals surface area (Å²) in [6.45, 7) is 0. The standard InChI is InChI=1S/C52H26N6O/c53-27-31-21-23-35(33(25-31)29-55)47-48(36-24-22-32(28-54)26-34(36)30-56)51(58-44-18-8-3-13-39(44)40-14-4-9-19-45(40)58)52-49(41-15-5-10-20-46(41)59-52)50(47)57-42-16-6-1-11-37(42)38-12-2-7-17-43(38)57/h1-26H. The quantitative estimate of drug-likeness (QED) is 0.177. The SMILES string of the molecule is N#Cc1ccc(-c2c(-c3ccc(C#N)cc3C#N)c(-n3c4ccccc4c4ccccc43)c3c(oc4ccccc43)c2-n2c3ccccc3c3ccccc32)c(C#N)c1. The molecule has 7 nitrogen and oxygen atoms in total. The van der Waals surface area contributed by atoms with Gasteiger partial charge in [0, 0.05) is 49.2 Å². The Morgan fingerprint density at radius 2 is 0.780 bits per heavy atom. The molecule has 11 aromatic rings. The third kappa shape index (κ3) is 4.71. The lowest BCUT2D eigenvalue weighted by Gasteiger charge is -2.25. The van der Waals surface area contributed by atoms with Gasteiger partial charge in [-0.15, -0.1) is 0 Å². The molecule has 0 radical (unpaired) electrons. The van der Waals surface area contributed by atoms with Gasteiger partial charge in [0.2, 0.25) is 0 Å². The van der Waals surface area contributed by atoms with Crippen molar-refractivity contribution >= 4 is 65.6 Å². The summed E-state index contributed by atoms with van der Waals surface area (Å²) in [7, 11) is 0. The van der Waals surface area contributed by atoms with E-state index in [9.17, 15) is 21.0 Å². The average molecular weight is 751 g/mol. The van der Waals surface area contributed by atoms with Crippen LogP contribution in [0.1, 0.15) is 22.3 Å². The fourth-order valence-electron chi connectivity index (χ4n) is 9.06. The first-order valence-electron chi connectivity index (χ1n) is 19.0. The van der Waals surface area contributed by atoms with Crippen molar-refractivity contribution in [1.29, 1.82) is 21.0 Å². The van der Waals surface area contributed by atoms with Crippen molar-refractivity contribution < 1.29 is 4.42 Å². The van der Waals surface area contributed by atoms with Crippen LogP contribution in [0, 0.1) is 45.3 Å². The van der Waals surface area contributed by atoms with Crippen LogP contribution < -0.4 is 0 Å². The summed E-state index contributed by atoms with van der Waals surface area (Å²) in [5.74, 6) is 0. The van der Waals surface area contributed by atoms with Gasteiger partial charge in [0.1, 0.15) is 5.58 Å². The molecule has 0 aliphatic heterocycles. The van der Waals surface area contributed by atoms with Gasteiger partial charge in [-0.25, -0.2) is 0 Å². The molecule has 8 aromatic carbocycles. The number of benzene rings is 8. The Bertz CT molecular complexity index is 3690. The molecule has 3 aromatic heterocycles. The average Bonchev–Trinajstić information content (AvgIpc) is 3.96. The van der Waals surface area contributed by atoms with Crippen molar-refractivity contribution in [3.63, 3.8) is 0 Å². The zero-order valence-corrected chi connectivity index (χ0v) is 31.1. The summed E-state index contributed by atoms with van der Waals surface area (Å²) in [5, 5.41) is 47.9. The number of furan rings is 1. The molecule has 59 heavy (non-hydrogen) atoms. The number of fused-ring (bicyclic) bond motifs is 9. The molecule has 0 saturated carbocycles. The molecule has 0 aliphatic carbocycles. The van der Waals surface area contributed by atoms with Crippen molar-refractivity contribution in [3.8, 4) is 57.9 Å². The lowest BCUT2D eigenvalue weighted by molar-refractivity contribution is 0.666. The van der Waals surface area contributed by atoms with Crippen molar-refractivity contribution in [3.05, 3.63) is 180 Å². The first-order chi connectivity index (χ1) is 29.1. The molecule has 0 N–H and O–H groups in total. The highest BCUT2D eigenvalue weighted by Gasteiger charge is 2.33. The van der Waals surface area contributed by atoms with E-state index < -0.39 is 0 Å². The van der Waals surface area contributed by atoms with Gasteiger partial charge in [-0.2, -0.15) is 21.0 Å². The second kappa shape index (κ2) is 12.8. The van der Waals surface area contributed by atoms with Gasteiger partial charge in [0.25, 0.3) is 0 Å². The fraction of sp³-hybridized carbons (Fsp3) is 0. The van der Waals surface area contributed by atoms with Gasteiger partial charge in [-0.1, -0.05) is 103 Å². The second-order valence-electron chi connectivity index (χ2n) is 14.5. The van der Waals surface area contributed by atoms with Gasteiger partial charge in [0.05, 0.1) is 85.4 Å². The molecule has 3 heterocycles. The molecule has 0 fully saturated rings. The van der Waals surface area contributed by atoms with Crippen LogP contribution in [0.3, 0.4) is 0 Å². The Kier molecular flexibility index (Phi) is 7.28. The van der Waals surface area contributed by atoms with Crippen molar-refractivity contribution in [2.24, 2.45) is 0 Å². The van der Waals surface area contributed by atoms with E-state index in [-0.39, 0.29) is 5.56 Å². The molecule has 0 saturated heterocycles. The molecule has 0 amide bonds. The molecule has 0 atom stereocenters. The number of nitrogens with zero attached hydrogens (tertiary/aromatic N) is 6. The Balaban J connectivity index is 1.52. The van der Waals surface area contributed by atoms with Crippen LogP contribution in [0.2, 0.25) is 0 Å². The Hall–Kier alpha value is -8.88. The highest BCUT2D eigenvalue weighted by Crippen LogP contribution is 2.53. The topological polar surface area (TPSA) is 118 Å². The second-order valence-corrected chi connectivity index (χ2v) is 14.5. The van der Waals surface area contributed by atoms with E-state index in [2.05, 4.69) is 88.0 Å². The van der Waals surface area contributed by atoms with Crippen LogP contribution in [-0.2, 0) is 0 Å². The molecular formula is C52H26N6O. The highest BCUT2D eigenvalue weighted by molar-refractivity contribution is 6.23. The maximum atomic E-state index is 11.0. The fourth-order valence-corrected chi connectivity index (χ4v) is 9.06. The smallest absolute Gasteiger partial charge is 0.162 e. The van der Waals surface area contributed by atoms with Gasteiger partial charge >= 0.3 is 0 Å². The Morgan fingerprint density at radius 1 is 0.390 bits per heavy atom. The van der Waals surface area contributed by atoms with Gasteiger partial charge < -0.3 is 13.6 Å². The minimum Gasteiger partial charge on any atom is -0.454 e. The summed E-state index contributed by atoms with van der Waals surface area (Å²) >= 11 is 0. The van der Waals surface area contributed by atoms with E-state index in [0.717, 1.165) is 60.1 Å². The van der Waals surface area contributed by atoms with Crippen molar-refractivity contribution in [1.82, 2.24) is 9.13 Å². The molecule has 0 aliphatic rings. The Labute approximate surface area is 336 Å². The third-order valence-electron chi connectivity index (χ3n) is 11.5. The maximum Gasteiger partial charge on any atom is 0.162 e. The summed E-state index contributed by atoms with van der Waals surface area (Å²) in [4.78, 5) is 0. The predicted octanol–water partition coefficient (Wildman–Crippen LogP) is 12.6. The van der Waals surface area contributed by atoms with Crippen molar-refractivity contribution in [2.75, 3.05) is 0 Å². The molecular weight excluding hydrogens is 725 g/mol. The van der Waals surface area contributed by atoms with E-state index >= 15 is 0 Å². The van der Waals surface area contributed by atoms with Crippen LogP contribution in [0.4, 0.5) is 0 Å².